The van der Waals surface area contributed by atoms with E-state index in [1.54, 1.807) is 12.1 Å². The van der Waals surface area contributed by atoms with Crippen molar-refractivity contribution in [3.05, 3.63) is 47.5 Å². The molecule has 2 aliphatic heterocycles. The lowest BCUT2D eigenvalue weighted by Gasteiger charge is -2.39. The molecule has 6 rings (SSSR count). The molecule has 3 heterocycles. The van der Waals surface area contributed by atoms with Crippen LogP contribution in [-0.2, 0) is 16.9 Å². The molecule has 1 unspecified atom stereocenters. The van der Waals surface area contributed by atoms with Gasteiger partial charge in [-0.3, -0.25) is 0 Å². The zero-order valence-electron chi connectivity index (χ0n) is 23.2. The van der Waals surface area contributed by atoms with Gasteiger partial charge in [0.1, 0.15) is 5.82 Å². The summed E-state index contributed by atoms with van der Waals surface area (Å²) in [5.74, 6) is 1.47. The van der Waals surface area contributed by atoms with Crippen molar-refractivity contribution < 1.29 is 8.42 Å². The van der Waals surface area contributed by atoms with Crippen LogP contribution in [0, 0.1) is 6.92 Å². The molecule has 1 aliphatic carbocycles. The molecular formula is C31H42N4O2S. The van der Waals surface area contributed by atoms with Crippen LogP contribution in [0.25, 0.3) is 22.4 Å². The lowest BCUT2D eigenvalue weighted by Crippen LogP contribution is -2.43. The normalized spacial score (nSPS) is 23.0. The monoisotopic (exact) mass is 534 g/mol. The van der Waals surface area contributed by atoms with E-state index in [9.17, 15) is 8.42 Å². The van der Waals surface area contributed by atoms with Gasteiger partial charge in [-0.15, -0.1) is 0 Å². The predicted molar refractivity (Wildman–Crippen MR) is 154 cm³/mol. The molecule has 1 aromatic heterocycles. The Morgan fingerprint density at radius 2 is 1.45 bits per heavy atom. The van der Waals surface area contributed by atoms with Gasteiger partial charge in [-0.2, -0.15) is 0 Å². The van der Waals surface area contributed by atoms with Crippen molar-refractivity contribution in [2.45, 2.75) is 81.2 Å². The van der Waals surface area contributed by atoms with Crippen LogP contribution in [0.3, 0.4) is 0 Å². The minimum absolute atomic E-state index is 0.337. The fraction of sp³-hybridized carbons (Fsp3) is 0.581. The van der Waals surface area contributed by atoms with Crippen LogP contribution in [-0.4, -0.2) is 72.3 Å². The van der Waals surface area contributed by atoms with E-state index in [1.165, 1.54) is 94.9 Å². The van der Waals surface area contributed by atoms with E-state index in [0.717, 1.165) is 34.5 Å². The number of aromatic nitrogens is 2. The Balaban J connectivity index is 1.16. The molecule has 0 bridgehead atoms. The van der Waals surface area contributed by atoms with E-state index < -0.39 is 9.84 Å². The van der Waals surface area contributed by atoms with Gasteiger partial charge in [0.05, 0.1) is 15.9 Å². The molecule has 1 saturated carbocycles. The number of hydrogen-bond acceptors (Lipinski definition) is 5. The maximum Gasteiger partial charge on any atom is 0.175 e. The van der Waals surface area contributed by atoms with Crippen molar-refractivity contribution in [2.75, 3.05) is 32.4 Å². The fourth-order valence-corrected chi connectivity index (χ4v) is 7.64. The average Bonchev–Trinajstić information content (AvgIpc) is 3.04. The molecule has 3 aromatic rings. The summed E-state index contributed by atoms with van der Waals surface area (Å²) in [6.45, 7) is 7.19. The summed E-state index contributed by atoms with van der Waals surface area (Å²) in [6, 6.07) is 13.4. The molecule has 1 atom stereocenters. The standard InChI is InChI=1S/C31H42N4O2S/c1-22-20-25(21-29-30(22)32-31(33(29)2)24-9-11-28(12-10-24)38(3,36)37)23-13-17-35(18-14-23)27-8-5-16-34(19-15-27)26-6-4-7-26/h9-12,20-21,23,26-27H,4-8,13-19H2,1-3H3. The molecule has 2 saturated heterocycles. The van der Waals surface area contributed by atoms with Gasteiger partial charge in [-0.05, 0) is 125 Å². The number of nitrogens with zero attached hydrogens (tertiary/aromatic N) is 4. The van der Waals surface area contributed by atoms with Gasteiger partial charge in [0.2, 0.25) is 0 Å². The minimum Gasteiger partial charge on any atom is -0.327 e. The third-order valence-electron chi connectivity index (χ3n) is 9.58. The number of aryl methyl sites for hydroxylation is 2. The van der Waals surface area contributed by atoms with Crippen molar-refractivity contribution in [1.29, 1.82) is 0 Å². The van der Waals surface area contributed by atoms with Gasteiger partial charge in [-0.1, -0.05) is 12.5 Å². The smallest absolute Gasteiger partial charge is 0.175 e. The van der Waals surface area contributed by atoms with Crippen LogP contribution in [0.1, 0.15) is 68.4 Å². The first kappa shape index (κ1) is 26.0. The summed E-state index contributed by atoms with van der Waals surface area (Å²) in [6.07, 6.45) is 12.0. The summed E-state index contributed by atoms with van der Waals surface area (Å²) >= 11 is 0. The van der Waals surface area contributed by atoms with Crippen LogP contribution >= 0.6 is 0 Å². The predicted octanol–water partition coefficient (Wildman–Crippen LogP) is 5.54. The number of fused-ring (bicyclic) bond motifs is 1. The highest BCUT2D eigenvalue weighted by molar-refractivity contribution is 7.90. The molecular weight excluding hydrogens is 492 g/mol. The first-order valence-corrected chi connectivity index (χ1v) is 16.4. The van der Waals surface area contributed by atoms with Crippen LogP contribution in [0.4, 0.5) is 0 Å². The first-order chi connectivity index (χ1) is 18.3. The van der Waals surface area contributed by atoms with E-state index in [0.29, 0.717) is 10.8 Å². The average molecular weight is 535 g/mol. The van der Waals surface area contributed by atoms with Crippen LogP contribution in [0.2, 0.25) is 0 Å². The molecule has 0 radical (unpaired) electrons. The van der Waals surface area contributed by atoms with Gasteiger partial charge < -0.3 is 14.4 Å². The summed E-state index contributed by atoms with van der Waals surface area (Å²) in [5, 5.41) is 0. The highest BCUT2D eigenvalue weighted by atomic mass is 32.2. The third-order valence-corrected chi connectivity index (χ3v) is 10.7. The molecule has 204 valence electrons. The largest absolute Gasteiger partial charge is 0.327 e. The molecule has 2 aromatic carbocycles. The van der Waals surface area contributed by atoms with Crippen molar-refractivity contribution in [1.82, 2.24) is 19.4 Å². The first-order valence-electron chi connectivity index (χ1n) is 14.5. The van der Waals surface area contributed by atoms with Gasteiger partial charge in [0.15, 0.2) is 9.84 Å². The van der Waals surface area contributed by atoms with Crippen molar-refractivity contribution in [2.24, 2.45) is 7.05 Å². The number of sulfone groups is 1. The van der Waals surface area contributed by atoms with E-state index in [1.807, 2.05) is 12.1 Å². The SMILES string of the molecule is Cc1cc(C2CCN(C3CCCN(C4CCC4)CC3)CC2)cc2c1nc(-c1ccc(S(C)(=O)=O)cc1)n2C. The van der Waals surface area contributed by atoms with Crippen LogP contribution in [0.15, 0.2) is 41.3 Å². The molecule has 38 heavy (non-hydrogen) atoms. The van der Waals surface area contributed by atoms with Gasteiger partial charge >= 0.3 is 0 Å². The van der Waals surface area contributed by atoms with Crippen molar-refractivity contribution >= 4 is 20.9 Å². The quantitative estimate of drug-likeness (QED) is 0.430. The number of rotatable bonds is 5. The minimum atomic E-state index is -3.21. The third kappa shape index (κ3) is 5.05. The molecule has 0 spiro atoms. The van der Waals surface area contributed by atoms with E-state index in [4.69, 9.17) is 4.98 Å². The molecule has 6 nitrogen and oxygen atoms in total. The van der Waals surface area contributed by atoms with Gasteiger partial charge in [0.25, 0.3) is 0 Å². The van der Waals surface area contributed by atoms with Crippen LogP contribution < -0.4 is 0 Å². The zero-order chi connectivity index (χ0) is 26.4. The highest BCUT2D eigenvalue weighted by Crippen LogP contribution is 2.35. The van der Waals surface area contributed by atoms with Gasteiger partial charge in [0, 0.05) is 31.0 Å². The molecule has 0 amide bonds. The Morgan fingerprint density at radius 1 is 0.816 bits per heavy atom. The topological polar surface area (TPSA) is 58.4 Å². The fourth-order valence-electron chi connectivity index (χ4n) is 7.01. The zero-order valence-corrected chi connectivity index (χ0v) is 24.0. The summed E-state index contributed by atoms with van der Waals surface area (Å²) in [7, 11) is -1.14. The highest BCUT2D eigenvalue weighted by Gasteiger charge is 2.31. The molecule has 3 fully saturated rings. The van der Waals surface area contributed by atoms with E-state index in [2.05, 4.69) is 40.5 Å². The maximum absolute atomic E-state index is 11.9. The second-order valence-corrected chi connectivity index (χ2v) is 14.0. The molecule has 3 aliphatic rings. The summed E-state index contributed by atoms with van der Waals surface area (Å²) < 4.78 is 25.9. The number of imidazole rings is 1. The molecule has 0 N–H and O–H groups in total. The Hall–Kier alpha value is -2.22. The lowest BCUT2D eigenvalue weighted by molar-refractivity contribution is 0.116. The number of benzene rings is 2. The lowest BCUT2D eigenvalue weighted by atomic mass is 9.87. The van der Waals surface area contributed by atoms with E-state index in [-0.39, 0.29) is 0 Å². The van der Waals surface area contributed by atoms with Crippen LogP contribution in [0.5, 0.6) is 0 Å². The van der Waals surface area contributed by atoms with Gasteiger partial charge in [-0.25, -0.2) is 13.4 Å². The Bertz CT molecular complexity index is 1400. The second kappa shape index (κ2) is 10.4. The number of piperidine rings is 1. The number of likely N-dealkylation sites (tertiary alicyclic amines) is 2. The van der Waals surface area contributed by atoms with Crippen molar-refractivity contribution in [3.63, 3.8) is 0 Å². The summed E-state index contributed by atoms with van der Waals surface area (Å²) in [5.41, 5.74) is 5.78. The molecule has 7 heteroatoms. The maximum atomic E-state index is 11.9. The Labute approximate surface area is 228 Å². The summed E-state index contributed by atoms with van der Waals surface area (Å²) in [4.78, 5) is 10.9. The number of hydrogen-bond donors (Lipinski definition) is 0. The van der Waals surface area contributed by atoms with E-state index >= 15 is 0 Å². The van der Waals surface area contributed by atoms with Crippen molar-refractivity contribution in [3.8, 4) is 11.4 Å². The Kier molecular flexibility index (Phi) is 7.12. The Morgan fingerprint density at radius 3 is 2.11 bits per heavy atom. The second-order valence-electron chi connectivity index (χ2n) is 12.0.